The maximum Gasteiger partial charge on any atom is 0.227 e. The van der Waals surface area contributed by atoms with Gasteiger partial charge in [0.25, 0.3) is 0 Å². The molecule has 0 radical (unpaired) electrons. The summed E-state index contributed by atoms with van der Waals surface area (Å²) in [5.74, 6) is 0.178. The molecular formula is C14H19ClINO. The SMILES string of the molecule is CCCC(CCC)C(=O)Nc1ccc(I)cc1Cl. The van der Waals surface area contributed by atoms with Crippen LogP contribution in [-0.4, -0.2) is 5.91 Å². The lowest BCUT2D eigenvalue weighted by Crippen LogP contribution is -2.22. The monoisotopic (exact) mass is 379 g/mol. The second-order valence-corrected chi connectivity index (χ2v) is 6.04. The molecule has 0 saturated heterocycles. The van der Waals surface area contributed by atoms with Crippen LogP contribution in [0, 0.1) is 9.49 Å². The van der Waals surface area contributed by atoms with Crippen LogP contribution in [0.5, 0.6) is 0 Å². The molecule has 0 aliphatic heterocycles. The van der Waals surface area contributed by atoms with Crippen LogP contribution in [-0.2, 0) is 4.79 Å². The third kappa shape index (κ3) is 4.76. The number of amides is 1. The van der Waals surface area contributed by atoms with Crippen LogP contribution in [0.2, 0.25) is 5.02 Å². The van der Waals surface area contributed by atoms with Crippen molar-refractivity contribution in [3.05, 3.63) is 26.8 Å². The van der Waals surface area contributed by atoms with E-state index in [-0.39, 0.29) is 11.8 Å². The molecule has 0 atom stereocenters. The molecule has 0 aliphatic rings. The lowest BCUT2D eigenvalue weighted by molar-refractivity contribution is -0.120. The smallest absolute Gasteiger partial charge is 0.227 e. The zero-order chi connectivity index (χ0) is 13.5. The van der Waals surface area contributed by atoms with Gasteiger partial charge in [-0.3, -0.25) is 4.79 Å². The highest BCUT2D eigenvalue weighted by Crippen LogP contribution is 2.25. The third-order valence-electron chi connectivity index (χ3n) is 2.83. The summed E-state index contributed by atoms with van der Waals surface area (Å²) < 4.78 is 1.06. The number of carbonyl (C=O) groups is 1. The molecule has 0 fully saturated rings. The Labute approximate surface area is 128 Å². The molecule has 18 heavy (non-hydrogen) atoms. The van der Waals surface area contributed by atoms with E-state index in [1.54, 1.807) is 0 Å². The Bertz CT molecular complexity index is 403. The van der Waals surface area contributed by atoms with Crippen molar-refractivity contribution in [2.45, 2.75) is 39.5 Å². The van der Waals surface area contributed by atoms with E-state index in [0.29, 0.717) is 10.7 Å². The maximum atomic E-state index is 12.2. The van der Waals surface area contributed by atoms with E-state index >= 15 is 0 Å². The minimum Gasteiger partial charge on any atom is -0.325 e. The van der Waals surface area contributed by atoms with Crippen molar-refractivity contribution in [2.24, 2.45) is 5.92 Å². The summed E-state index contributed by atoms with van der Waals surface area (Å²) in [7, 11) is 0. The first-order valence-electron chi connectivity index (χ1n) is 6.34. The minimum atomic E-state index is 0.0850. The van der Waals surface area contributed by atoms with Gasteiger partial charge in [0.1, 0.15) is 0 Å². The fraction of sp³-hybridized carbons (Fsp3) is 0.500. The second kappa shape index (κ2) is 8.00. The highest BCUT2D eigenvalue weighted by Gasteiger charge is 2.17. The Hall–Kier alpha value is -0.290. The van der Waals surface area contributed by atoms with Crippen molar-refractivity contribution < 1.29 is 4.79 Å². The van der Waals surface area contributed by atoms with Crippen LogP contribution in [0.3, 0.4) is 0 Å². The molecule has 0 aromatic heterocycles. The number of halogens is 2. The number of nitrogens with one attached hydrogen (secondary N) is 1. The van der Waals surface area contributed by atoms with Gasteiger partial charge < -0.3 is 5.32 Å². The average molecular weight is 380 g/mol. The fourth-order valence-corrected chi connectivity index (χ4v) is 2.83. The molecule has 0 unspecified atom stereocenters. The third-order valence-corrected chi connectivity index (χ3v) is 3.82. The predicted octanol–water partition coefficient (Wildman–Crippen LogP) is 5.10. The molecule has 100 valence electrons. The number of hydrogen-bond acceptors (Lipinski definition) is 1. The zero-order valence-corrected chi connectivity index (χ0v) is 13.7. The van der Waals surface area contributed by atoms with Gasteiger partial charge in [0, 0.05) is 9.49 Å². The van der Waals surface area contributed by atoms with Gasteiger partial charge in [0.2, 0.25) is 5.91 Å². The summed E-state index contributed by atoms with van der Waals surface area (Å²) in [6.07, 6.45) is 3.92. The van der Waals surface area contributed by atoms with Crippen molar-refractivity contribution in [2.75, 3.05) is 5.32 Å². The van der Waals surface area contributed by atoms with Gasteiger partial charge >= 0.3 is 0 Å². The van der Waals surface area contributed by atoms with Gasteiger partial charge in [-0.05, 0) is 53.6 Å². The topological polar surface area (TPSA) is 29.1 Å². The number of anilines is 1. The first-order chi connectivity index (χ1) is 8.58. The van der Waals surface area contributed by atoms with Crippen LogP contribution in [0.25, 0.3) is 0 Å². The largest absolute Gasteiger partial charge is 0.325 e. The van der Waals surface area contributed by atoms with Crippen molar-refractivity contribution in [3.63, 3.8) is 0 Å². The van der Waals surface area contributed by atoms with Gasteiger partial charge in [-0.25, -0.2) is 0 Å². The minimum absolute atomic E-state index is 0.0850. The van der Waals surface area contributed by atoms with E-state index in [4.69, 9.17) is 11.6 Å². The van der Waals surface area contributed by atoms with Gasteiger partial charge in [0.05, 0.1) is 10.7 Å². The quantitative estimate of drug-likeness (QED) is 0.685. The molecule has 1 N–H and O–H groups in total. The average Bonchev–Trinajstić information content (AvgIpc) is 2.32. The lowest BCUT2D eigenvalue weighted by atomic mass is 9.97. The molecule has 0 heterocycles. The van der Waals surface area contributed by atoms with Gasteiger partial charge in [-0.1, -0.05) is 38.3 Å². The van der Waals surface area contributed by atoms with Crippen molar-refractivity contribution in [1.82, 2.24) is 0 Å². The molecule has 2 nitrogen and oxygen atoms in total. The number of carbonyl (C=O) groups excluding carboxylic acids is 1. The van der Waals surface area contributed by atoms with E-state index in [9.17, 15) is 4.79 Å². The Morgan fingerprint density at radius 3 is 2.44 bits per heavy atom. The number of rotatable bonds is 6. The maximum absolute atomic E-state index is 12.2. The number of hydrogen-bond donors (Lipinski definition) is 1. The van der Waals surface area contributed by atoms with E-state index in [1.807, 2.05) is 18.2 Å². The summed E-state index contributed by atoms with van der Waals surface area (Å²) in [6.45, 7) is 4.21. The van der Waals surface area contributed by atoms with E-state index in [1.165, 1.54) is 0 Å². The molecule has 1 aromatic rings. The molecule has 0 saturated carbocycles. The van der Waals surface area contributed by atoms with Crippen LogP contribution in [0.15, 0.2) is 18.2 Å². The van der Waals surface area contributed by atoms with Crippen LogP contribution < -0.4 is 5.32 Å². The molecule has 0 spiro atoms. The van der Waals surface area contributed by atoms with Crippen LogP contribution >= 0.6 is 34.2 Å². The molecule has 1 rings (SSSR count). The summed E-state index contributed by atoms with van der Waals surface area (Å²) in [5.41, 5.74) is 0.708. The second-order valence-electron chi connectivity index (χ2n) is 4.39. The molecule has 0 aliphatic carbocycles. The first-order valence-corrected chi connectivity index (χ1v) is 7.80. The van der Waals surface area contributed by atoms with E-state index < -0.39 is 0 Å². The molecule has 1 amide bonds. The highest BCUT2D eigenvalue weighted by atomic mass is 127. The summed E-state index contributed by atoms with van der Waals surface area (Å²) >= 11 is 8.31. The first kappa shape index (κ1) is 15.8. The van der Waals surface area contributed by atoms with E-state index in [0.717, 1.165) is 29.3 Å². The van der Waals surface area contributed by atoms with E-state index in [2.05, 4.69) is 41.8 Å². The number of benzene rings is 1. The Kier molecular flexibility index (Phi) is 7.00. The summed E-state index contributed by atoms with van der Waals surface area (Å²) in [4.78, 5) is 12.2. The summed E-state index contributed by atoms with van der Waals surface area (Å²) in [6, 6.07) is 5.65. The Morgan fingerprint density at radius 1 is 1.33 bits per heavy atom. The lowest BCUT2D eigenvalue weighted by Gasteiger charge is -2.16. The Morgan fingerprint density at radius 2 is 1.94 bits per heavy atom. The highest BCUT2D eigenvalue weighted by molar-refractivity contribution is 14.1. The Balaban J connectivity index is 2.72. The zero-order valence-electron chi connectivity index (χ0n) is 10.8. The molecule has 4 heteroatoms. The van der Waals surface area contributed by atoms with Gasteiger partial charge in [-0.15, -0.1) is 0 Å². The van der Waals surface area contributed by atoms with Gasteiger partial charge in [-0.2, -0.15) is 0 Å². The predicted molar refractivity (Wildman–Crippen MR) is 86.1 cm³/mol. The summed E-state index contributed by atoms with van der Waals surface area (Å²) in [5, 5.41) is 3.53. The van der Waals surface area contributed by atoms with Crippen LogP contribution in [0.4, 0.5) is 5.69 Å². The van der Waals surface area contributed by atoms with Crippen LogP contribution in [0.1, 0.15) is 39.5 Å². The molecule has 0 bridgehead atoms. The standard InChI is InChI=1S/C14H19ClINO/c1-3-5-10(6-4-2)14(18)17-13-8-7-11(16)9-12(13)15/h7-10H,3-6H2,1-2H3,(H,17,18). The van der Waals surface area contributed by atoms with Crippen molar-refractivity contribution in [3.8, 4) is 0 Å². The normalized spacial score (nSPS) is 10.7. The van der Waals surface area contributed by atoms with Crippen molar-refractivity contribution in [1.29, 1.82) is 0 Å². The molecule has 1 aromatic carbocycles. The fourth-order valence-electron chi connectivity index (χ4n) is 1.93. The molecular weight excluding hydrogens is 361 g/mol. The van der Waals surface area contributed by atoms with Gasteiger partial charge in [0.15, 0.2) is 0 Å². The van der Waals surface area contributed by atoms with Crippen molar-refractivity contribution >= 4 is 45.8 Å².